The monoisotopic (exact) mass is 362 g/mol. The number of anilines is 1. The zero-order valence-corrected chi connectivity index (χ0v) is 14.2. The van der Waals surface area contributed by atoms with Gasteiger partial charge in [-0.2, -0.15) is 13.2 Å². The van der Waals surface area contributed by atoms with E-state index in [-0.39, 0.29) is 11.3 Å². The molecule has 1 heterocycles. The molecule has 136 valence electrons. The van der Waals surface area contributed by atoms with Crippen LogP contribution in [-0.4, -0.2) is 29.9 Å². The first-order valence-corrected chi connectivity index (χ1v) is 8.03. The molecule has 0 N–H and O–H groups in total. The molecule has 26 heavy (non-hydrogen) atoms. The number of urea groups is 1. The van der Waals surface area contributed by atoms with Crippen molar-refractivity contribution >= 4 is 17.6 Å². The number of benzene rings is 2. The molecule has 2 aromatic rings. The van der Waals surface area contributed by atoms with E-state index in [1.807, 2.05) is 30.3 Å². The van der Waals surface area contributed by atoms with Crippen LogP contribution in [0.1, 0.15) is 16.7 Å². The smallest absolute Gasteiger partial charge is 0.315 e. The van der Waals surface area contributed by atoms with Gasteiger partial charge in [0.2, 0.25) is 0 Å². The summed E-state index contributed by atoms with van der Waals surface area (Å²) in [5.74, 6) is -0.524. The third kappa shape index (κ3) is 3.05. The second kappa shape index (κ2) is 6.48. The Labute approximate surface area is 148 Å². The quantitative estimate of drug-likeness (QED) is 0.774. The van der Waals surface area contributed by atoms with Crippen LogP contribution in [0.3, 0.4) is 0 Å². The van der Waals surface area contributed by atoms with Gasteiger partial charge in [0.15, 0.2) is 0 Å². The summed E-state index contributed by atoms with van der Waals surface area (Å²) in [5, 5.41) is 0. The molecule has 1 aliphatic heterocycles. The number of halogens is 3. The Balaban J connectivity index is 1.97. The SMILES string of the molecule is Cc1c(N2C(=O)[C@H](Cc3ccccc3)N(C)C2=O)cccc1C(F)(F)F. The van der Waals surface area contributed by atoms with Crippen LogP contribution in [0.15, 0.2) is 48.5 Å². The van der Waals surface area contributed by atoms with E-state index in [0.717, 1.165) is 16.5 Å². The van der Waals surface area contributed by atoms with Crippen LogP contribution in [0.2, 0.25) is 0 Å². The van der Waals surface area contributed by atoms with Crippen LogP contribution in [-0.2, 0) is 17.4 Å². The summed E-state index contributed by atoms with van der Waals surface area (Å²) in [4.78, 5) is 27.5. The second-order valence-corrected chi connectivity index (χ2v) is 6.22. The lowest BCUT2D eigenvalue weighted by Crippen LogP contribution is -2.33. The Hall–Kier alpha value is -2.83. The van der Waals surface area contributed by atoms with Crippen LogP contribution < -0.4 is 4.90 Å². The van der Waals surface area contributed by atoms with Crippen molar-refractivity contribution in [1.29, 1.82) is 0 Å². The minimum atomic E-state index is -4.55. The molecule has 0 aromatic heterocycles. The van der Waals surface area contributed by atoms with Gasteiger partial charge in [-0.1, -0.05) is 36.4 Å². The molecule has 0 unspecified atom stereocenters. The maximum atomic E-state index is 13.2. The standard InChI is InChI=1S/C19H17F3N2O2/c1-12-14(19(20,21)22)9-6-10-15(12)24-17(25)16(23(2)18(24)26)11-13-7-4-3-5-8-13/h3-10,16H,11H2,1-2H3/t16-/m0/s1. The molecule has 1 fully saturated rings. The fourth-order valence-electron chi connectivity index (χ4n) is 3.16. The average molecular weight is 362 g/mol. The highest BCUT2D eigenvalue weighted by Gasteiger charge is 2.45. The predicted octanol–water partition coefficient (Wildman–Crippen LogP) is 4.02. The van der Waals surface area contributed by atoms with E-state index in [4.69, 9.17) is 0 Å². The fourth-order valence-corrected chi connectivity index (χ4v) is 3.16. The van der Waals surface area contributed by atoms with Crippen LogP contribution in [0, 0.1) is 6.92 Å². The highest BCUT2D eigenvalue weighted by Crippen LogP contribution is 2.37. The zero-order chi connectivity index (χ0) is 19.1. The third-order valence-electron chi connectivity index (χ3n) is 4.59. The number of carbonyl (C=O) groups is 2. The van der Waals surface area contributed by atoms with Gasteiger partial charge < -0.3 is 4.90 Å². The lowest BCUT2D eigenvalue weighted by atomic mass is 10.0. The van der Waals surface area contributed by atoms with Crippen LogP contribution in [0.5, 0.6) is 0 Å². The first kappa shape index (κ1) is 18.0. The van der Waals surface area contributed by atoms with E-state index < -0.39 is 29.7 Å². The van der Waals surface area contributed by atoms with Crippen LogP contribution in [0.25, 0.3) is 0 Å². The fraction of sp³-hybridized carbons (Fsp3) is 0.263. The van der Waals surface area contributed by atoms with Gasteiger partial charge in [0.25, 0.3) is 5.91 Å². The molecule has 2 aromatic carbocycles. The first-order chi connectivity index (χ1) is 12.2. The number of nitrogens with zero attached hydrogens (tertiary/aromatic N) is 2. The van der Waals surface area contributed by atoms with E-state index in [2.05, 4.69) is 0 Å². The summed E-state index contributed by atoms with van der Waals surface area (Å²) in [6, 6.07) is 11.3. The average Bonchev–Trinajstić information content (AvgIpc) is 2.79. The van der Waals surface area contributed by atoms with Gasteiger partial charge in [0.1, 0.15) is 6.04 Å². The predicted molar refractivity (Wildman–Crippen MR) is 90.8 cm³/mol. The Bertz CT molecular complexity index is 850. The number of hydrogen-bond donors (Lipinski definition) is 0. The van der Waals surface area contributed by atoms with Crippen molar-refractivity contribution in [2.24, 2.45) is 0 Å². The normalized spacial score (nSPS) is 18.0. The van der Waals surface area contributed by atoms with Crippen molar-refractivity contribution in [1.82, 2.24) is 4.90 Å². The maximum Gasteiger partial charge on any atom is 0.416 e. The topological polar surface area (TPSA) is 40.6 Å². The Kier molecular flexibility index (Phi) is 4.48. The number of rotatable bonds is 3. The van der Waals surface area contributed by atoms with Gasteiger partial charge in [0.05, 0.1) is 11.3 Å². The second-order valence-electron chi connectivity index (χ2n) is 6.22. The number of imide groups is 1. The zero-order valence-electron chi connectivity index (χ0n) is 14.2. The Morgan fingerprint density at radius 2 is 1.65 bits per heavy atom. The lowest BCUT2D eigenvalue weighted by molar-refractivity contribution is -0.138. The van der Waals surface area contributed by atoms with Gasteiger partial charge in [-0.3, -0.25) is 4.79 Å². The summed E-state index contributed by atoms with van der Waals surface area (Å²) in [6.45, 7) is 1.27. The third-order valence-corrected chi connectivity index (χ3v) is 4.59. The highest BCUT2D eigenvalue weighted by molar-refractivity contribution is 6.21. The Morgan fingerprint density at radius 3 is 2.27 bits per heavy atom. The molecule has 1 aliphatic rings. The van der Waals surface area contributed by atoms with Gasteiger partial charge in [-0.25, -0.2) is 9.69 Å². The summed E-state index contributed by atoms with van der Waals surface area (Å²) in [7, 11) is 1.48. The van der Waals surface area contributed by atoms with Crippen LogP contribution >= 0.6 is 0 Å². The Morgan fingerprint density at radius 1 is 1.00 bits per heavy atom. The summed E-state index contributed by atoms with van der Waals surface area (Å²) in [5.41, 5.74) is -0.162. The van der Waals surface area contributed by atoms with Gasteiger partial charge >= 0.3 is 12.2 Å². The van der Waals surface area contributed by atoms with Gasteiger partial charge in [-0.15, -0.1) is 0 Å². The van der Waals surface area contributed by atoms with Crippen molar-refractivity contribution in [2.45, 2.75) is 25.6 Å². The number of carbonyl (C=O) groups excluding carboxylic acids is 2. The number of hydrogen-bond acceptors (Lipinski definition) is 2. The van der Waals surface area contributed by atoms with Crippen molar-refractivity contribution in [3.63, 3.8) is 0 Å². The molecule has 4 nitrogen and oxygen atoms in total. The molecule has 0 radical (unpaired) electrons. The van der Waals surface area contributed by atoms with Gasteiger partial charge in [-0.05, 0) is 30.2 Å². The largest absolute Gasteiger partial charge is 0.416 e. The lowest BCUT2D eigenvalue weighted by Gasteiger charge is -2.19. The molecule has 0 spiro atoms. The molecule has 7 heteroatoms. The van der Waals surface area contributed by atoms with E-state index in [1.165, 1.54) is 31.0 Å². The summed E-state index contributed by atoms with van der Waals surface area (Å²) < 4.78 is 39.5. The molecule has 0 aliphatic carbocycles. The van der Waals surface area contributed by atoms with Crippen molar-refractivity contribution in [3.05, 3.63) is 65.2 Å². The van der Waals surface area contributed by atoms with E-state index >= 15 is 0 Å². The van der Waals surface area contributed by atoms with Crippen molar-refractivity contribution in [2.75, 3.05) is 11.9 Å². The maximum absolute atomic E-state index is 13.2. The first-order valence-electron chi connectivity index (χ1n) is 8.03. The summed E-state index contributed by atoms with van der Waals surface area (Å²) in [6.07, 6.45) is -4.25. The van der Waals surface area contributed by atoms with E-state index in [0.29, 0.717) is 6.42 Å². The number of amides is 3. The molecule has 3 rings (SSSR count). The van der Waals surface area contributed by atoms with Crippen LogP contribution in [0.4, 0.5) is 23.7 Å². The molecule has 1 atom stereocenters. The molecular weight excluding hydrogens is 345 g/mol. The molecule has 3 amide bonds. The minimum Gasteiger partial charge on any atom is -0.315 e. The number of likely N-dealkylation sites (N-methyl/N-ethyl adjacent to an activating group) is 1. The summed E-state index contributed by atoms with van der Waals surface area (Å²) >= 11 is 0. The van der Waals surface area contributed by atoms with Crippen molar-refractivity contribution in [3.8, 4) is 0 Å². The van der Waals surface area contributed by atoms with Gasteiger partial charge in [0, 0.05) is 13.5 Å². The molecule has 1 saturated heterocycles. The molecule has 0 bridgehead atoms. The van der Waals surface area contributed by atoms with E-state index in [1.54, 1.807) is 0 Å². The van der Waals surface area contributed by atoms with E-state index in [9.17, 15) is 22.8 Å². The highest BCUT2D eigenvalue weighted by atomic mass is 19.4. The van der Waals surface area contributed by atoms with Crippen molar-refractivity contribution < 1.29 is 22.8 Å². The number of alkyl halides is 3. The molecule has 0 saturated carbocycles. The minimum absolute atomic E-state index is 0.0303. The molecular formula is C19H17F3N2O2.